The Balaban J connectivity index is 2.84. The van der Waals surface area contributed by atoms with Crippen molar-refractivity contribution >= 4 is 6.21 Å². The molecule has 0 aliphatic carbocycles. The van der Waals surface area contributed by atoms with Crippen LogP contribution in [0.3, 0.4) is 0 Å². The number of hydrogen-bond acceptors (Lipinski definition) is 2. The normalized spacial score (nSPS) is 13.9. The lowest BCUT2D eigenvalue weighted by Gasteiger charge is -2.09. The Morgan fingerprint density at radius 1 is 1.35 bits per heavy atom. The molecule has 0 aliphatic heterocycles. The topological polar surface area (TPSA) is 21.6 Å². The number of hydrogen-bond donors (Lipinski definition) is 0. The van der Waals surface area contributed by atoms with E-state index in [1.165, 1.54) is 18.2 Å². The first kappa shape index (κ1) is 13.5. The molecule has 0 aliphatic rings. The van der Waals surface area contributed by atoms with E-state index in [0.29, 0.717) is 0 Å². The van der Waals surface area contributed by atoms with Gasteiger partial charge in [-0.25, -0.2) is 0 Å². The number of rotatable bonds is 4. The Kier molecular flexibility index (Phi) is 4.54. The van der Waals surface area contributed by atoms with Crippen LogP contribution >= 0.6 is 0 Å². The van der Waals surface area contributed by atoms with E-state index in [2.05, 4.69) is 5.16 Å². The molecule has 0 N–H and O–H groups in total. The van der Waals surface area contributed by atoms with Gasteiger partial charge in [-0.1, -0.05) is 30.3 Å². The minimum absolute atomic E-state index is 0.00306. The van der Waals surface area contributed by atoms with Crippen molar-refractivity contribution in [2.75, 3.05) is 0 Å². The molecule has 0 amide bonds. The summed E-state index contributed by atoms with van der Waals surface area (Å²) in [5.74, 6) is 0. The van der Waals surface area contributed by atoms with Gasteiger partial charge in [0.05, 0.1) is 11.8 Å². The van der Waals surface area contributed by atoms with Crippen molar-refractivity contribution < 1.29 is 18.0 Å². The molecule has 0 spiro atoms. The largest absolute Gasteiger partial charge is 0.417 e. The van der Waals surface area contributed by atoms with Crippen LogP contribution in [-0.2, 0) is 11.0 Å². The zero-order valence-corrected chi connectivity index (χ0v) is 9.66. The summed E-state index contributed by atoms with van der Waals surface area (Å²) in [6.07, 6.45) is -2.64. The van der Waals surface area contributed by atoms with Crippen LogP contribution in [0.5, 0.6) is 0 Å². The van der Waals surface area contributed by atoms with Gasteiger partial charge >= 0.3 is 6.18 Å². The van der Waals surface area contributed by atoms with Crippen molar-refractivity contribution in [2.24, 2.45) is 5.16 Å². The van der Waals surface area contributed by atoms with Crippen molar-refractivity contribution in [1.82, 2.24) is 0 Å². The third-order valence-electron chi connectivity index (χ3n) is 2.27. The molecule has 1 aromatic carbocycles. The average molecular weight is 245 g/mol. The standard InChI is InChI=1S/C12H14F3NO/c1-3-9(2)17-16-8-10-6-4-5-7-11(10)12(13,14)15/h4-9H,3H2,1-2H3. The van der Waals surface area contributed by atoms with E-state index in [1.807, 2.05) is 6.92 Å². The summed E-state index contributed by atoms with van der Waals surface area (Å²) in [6.45, 7) is 3.71. The molecule has 94 valence electrons. The second kappa shape index (κ2) is 5.70. The Bertz CT molecular complexity index is 388. The highest BCUT2D eigenvalue weighted by Gasteiger charge is 2.32. The van der Waals surface area contributed by atoms with E-state index < -0.39 is 11.7 Å². The maximum Gasteiger partial charge on any atom is 0.417 e. The fraction of sp³-hybridized carbons (Fsp3) is 0.417. The molecule has 0 aromatic heterocycles. The highest BCUT2D eigenvalue weighted by atomic mass is 19.4. The predicted molar refractivity (Wildman–Crippen MR) is 59.9 cm³/mol. The maximum absolute atomic E-state index is 12.6. The Morgan fingerprint density at radius 2 is 2.00 bits per heavy atom. The van der Waals surface area contributed by atoms with Crippen molar-refractivity contribution in [2.45, 2.75) is 32.5 Å². The van der Waals surface area contributed by atoms with Crippen LogP contribution in [0.2, 0.25) is 0 Å². The summed E-state index contributed by atoms with van der Waals surface area (Å²) in [4.78, 5) is 4.96. The molecule has 0 fully saturated rings. The van der Waals surface area contributed by atoms with E-state index in [1.54, 1.807) is 6.92 Å². The minimum Gasteiger partial charge on any atom is -0.393 e. The predicted octanol–water partition coefficient (Wildman–Crippen LogP) is 3.85. The van der Waals surface area contributed by atoms with Crippen molar-refractivity contribution in [3.8, 4) is 0 Å². The summed E-state index contributed by atoms with van der Waals surface area (Å²) < 4.78 is 37.8. The molecule has 2 nitrogen and oxygen atoms in total. The van der Waals surface area contributed by atoms with Gasteiger partial charge in [0, 0.05) is 5.56 Å². The Morgan fingerprint density at radius 3 is 2.59 bits per heavy atom. The molecule has 0 saturated carbocycles. The van der Waals surface area contributed by atoms with Crippen LogP contribution in [0.25, 0.3) is 0 Å². The smallest absolute Gasteiger partial charge is 0.393 e. The van der Waals surface area contributed by atoms with Gasteiger partial charge in [-0.3, -0.25) is 0 Å². The summed E-state index contributed by atoms with van der Waals surface area (Å²) in [5.41, 5.74) is -0.709. The zero-order valence-electron chi connectivity index (χ0n) is 9.66. The van der Waals surface area contributed by atoms with Gasteiger partial charge in [0.1, 0.15) is 6.10 Å². The first-order chi connectivity index (χ1) is 7.95. The summed E-state index contributed by atoms with van der Waals surface area (Å²) >= 11 is 0. The number of halogens is 3. The van der Waals surface area contributed by atoms with Crippen LogP contribution in [0.1, 0.15) is 31.4 Å². The molecular formula is C12H14F3NO. The lowest BCUT2D eigenvalue weighted by molar-refractivity contribution is -0.137. The van der Waals surface area contributed by atoms with Gasteiger partial charge in [-0.15, -0.1) is 0 Å². The van der Waals surface area contributed by atoms with Gasteiger partial charge in [0.15, 0.2) is 0 Å². The molecule has 1 rings (SSSR count). The monoisotopic (exact) mass is 245 g/mol. The molecule has 5 heteroatoms. The van der Waals surface area contributed by atoms with Crippen molar-refractivity contribution in [1.29, 1.82) is 0 Å². The molecule has 1 aromatic rings. The molecule has 1 unspecified atom stereocenters. The molecule has 0 radical (unpaired) electrons. The van der Waals surface area contributed by atoms with Crippen LogP contribution in [-0.4, -0.2) is 12.3 Å². The number of oxime groups is 1. The maximum atomic E-state index is 12.6. The Hall–Kier alpha value is -1.52. The quantitative estimate of drug-likeness (QED) is 0.583. The van der Waals surface area contributed by atoms with Gasteiger partial charge in [-0.05, 0) is 19.4 Å². The van der Waals surface area contributed by atoms with Gasteiger partial charge < -0.3 is 4.84 Å². The first-order valence-electron chi connectivity index (χ1n) is 5.30. The van der Waals surface area contributed by atoms with E-state index in [9.17, 15) is 13.2 Å². The van der Waals surface area contributed by atoms with Gasteiger partial charge in [0.2, 0.25) is 0 Å². The molecule has 1 atom stereocenters. The van der Waals surface area contributed by atoms with Crippen LogP contribution in [0.4, 0.5) is 13.2 Å². The summed E-state index contributed by atoms with van der Waals surface area (Å²) in [5, 5.41) is 3.56. The SMILES string of the molecule is CCC(C)ON=Cc1ccccc1C(F)(F)F. The minimum atomic E-state index is -4.38. The van der Waals surface area contributed by atoms with Crippen LogP contribution in [0.15, 0.2) is 29.4 Å². The second-order valence-corrected chi connectivity index (χ2v) is 3.64. The lowest BCUT2D eigenvalue weighted by Crippen LogP contribution is -2.09. The second-order valence-electron chi connectivity index (χ2n) is 3.64. The number of nitrogens with zero attached hydrogens (tertiary/aromatic N) is 1. The van der Waals surface area contributed by atoms with Crippen LogP contribution in [0, 0.1) is 0 Å². The molecule has 0 saturated heterocycles. The fourth-order valence-electron chi connectivity index (χ4n) is 1.13. The van der Waals surface area contributed by atoms with E-state index in [-0.39, 0.29) is 11.7 Å². The third kappa shape index (κ3) is 4.09. The summed E-state index contributed by atoms with van der Waals surface area (Å²) in [7, 11) is 0. The zero-order chi connectivity index (χ0) is 12.9. The Labute approximate surface area is 98.1 Å². The van der Waals surface area contributed by atoms with Gasteiger partial charge in [-0.2, -0.15) is 13.2 Å². The fourth-order valence-corrected chi connectivity index (χ4v) is 1.13. The third-order valence-corrected chi connectivity index (χ3v) is 2.27. The first-order valence-corrected chi connectivity index (χ1v) is 5.30. The number of benzene rings is 1. The molecule has 0 bridgehead atoms. The van der Waals surface area contributed by atoms with E-state index in [4.69, 9.17) is 4.84 Å². The van der Waals surface area contributed by atoms with Crippen molar-refractivity contribution in [3.05, 3.63) is 35.4 Å². The molecule has 0 heterocycles. The lowest BCUT2D eigenvalue weighted by atomic mass is 10.1. The average Bonchev–Trinajstić information content (AvgIpc) is 2.28. The molecular weight excluding hydrogens is 231 g/mol. The highest BCUT2D eigenvalue weighted by Crippen LogP contribution is 2.31. The van der Waals surface area contributed by atoms with Crippen LogP contribution < -0.4 is 0 Å². The highest BCUT2D eigenvalue weighted by molar-refractivity contribution is 5.81. The van der Waals surface area contributed by atoms with Crippen molar-refractivity contribution in [3.63, 3.8) is 0 Å². The number of alkyl halides is 3. The summed E-state index contributed by atoms with van der Waals surface area (Å²) in [6, 6.07) is 5.24. The van der Waals surface area contributed by atoms with E-state index in [0.717, 1.165) is 18.7 Å². The molecule has 17 heavy (non-hydrogen) atoms. The van der Waals surface area contributed by atoms with Gasteiger partial charge in [0.25, 0.3) is 0 Å². The van der Waals surface area contributed by atoms with E-state index >= 15 is 0 Å².